The van der Waals surface area contributed by atoms with Gasteiger partial charge in [-0.1, -0.05) is 6.07 Å². The Morgan fingerprint density at radius 3 is 2.24 bits per heavy atom. The van der Waals surface area contributed by atoms with E-state index in [0.717, 1.165) is 11.6 Å². The summed E-state index contributed by atoms with van der Waals surface area (Å²) in [5.74, 6) is 0.170. The quantitative estimate of drug-likeness (QED) is 0.835. The molecule has 1 aromatic carbocycles. The maximum absolute atomic E-state index is 10.5. The Balaban J connectivity index is 2.11. The van der Waals surface area contributed by atoms with Gasteiger partial charge in [0, 0.05) is 6.08 Å². The van der Waals surface area contributed by atoms with Crippen molar-refractivity contribution in [1.82, 2.24) is 0 Å². The van der Waals surface area contributed by atoms with Gasteiger partial charge in [-0.15, -0.1) is 0 Å². The highest BCUT2D eigenvalue weighted by atomic mass is 16.6. The summed E-state index contributed by atoms with van der Waals surface area (Å²) < 4.78 is 21.9. The lowest BCUT2D eigenvalue weighted by Crippen LogP contribution is -2.15. The van der Waals surface area contributed by atoms with E-state index in [2.05, 4.69) is 0 Å². The highest BCUT2D eigenvalue weighted by Crippen LogP contribution is 2.29. The van der Waals surface area contributed by atoms with Crippen LogP contribution < -0.4 is 9.47 Å². The number of fused-ring (bicyclic) bond motifs is 1. The second kappa shape index (κ2) is 8.28. The lowest BCUT2D eigenvalue weighted by Gasteiger charge is -2.15. The Labute approximate surface area is 122 Å². The first-order valence-electron chi connectivity index (χ1n) is 6.72. The van der Waals surface area contributed by atoms with E-state index in [0.29, 0.717) is 51.1 Å². The van der Waals surface area contributed by atoms with Crippen LogP contribution in [0.2, 0.25) is 0 Å². The molecule has 1 aliphatic heterocycles. The lowest BCUT2D eigenvalue weighted by atomic mass is 10.2. The molecule has 1 N–H and O–H groups in total. The molecule has 0 radical (unpaired) electrons. The molecule has 0 amide bonds. The Morgan fingerprint density at radius 1 is 0.952 bits per heavy atom. The van der Waals surface area contributed by atoms with Gasteiger partial charge in [-0.25, -0.2) is 4.79 Å². The minimum atomic E-state index is -0.995. The monoisotopic (exact) mass is 294 g/mol. The topological polar surface area (TPSA) is 74.2 Å². The van der Waals surface area contributed by atoms with Gasteiger partial charge in [0.2, 0.25) is 0 Å². The van der Waals surface area contributed by atoms with Crippen molar-refractivity contribution in [1.29, 1.82) is 0 Å². The number of carboxylic acids is 1. The normalized spacial score (nSPS) is 17.0. The molecule has 0 aliphatic carbocycles. The summed E-state index contributed by atoms with van der Waals surface area (Å²) in [6, 6.07) is 5.26. The van der Waals surface area contributed by atoms with E-state index in [9.17, 15) is 4.79 Å². The van der Waals surface area contributed by atoms with Crippen LogP contribution >= 0.6 is 0 Å². The zero-order chi connectivity index (χ0) is 14.9. The van der Waals surface area contributed by atoms with Crippen LogP contribution in [-0.4, -0.2) is 50.7 Å². The number of carboxylic acid groups (broad SMARTS) is 1. The third kappa shape index (κ3) is 5.45. The smallest absolute Gasteiger partial charge is 0.328 e. The average Bonchev–Trinajstić information content (AvgIpc) is 2.46. The van der Waals surface area contributed by atoms with Gasteiger partial charge in [0.05, 0.1) is 26.4 Å². The number of ether oxygens (including phenoxy) is 4. The molecule has 6 heteroatoms. The van der Waals surface area contributed by atoms with Crippen molar-refractivity contribution in [2.75, 3.05) is 39.6 Å². The Hall–Kier alpha value is -2.05. The van der Waals surface area contributed by atoms with Crippen molar-refractivity contribution in [2.24, 2.45) is 0 Å². The van der Waals surface area contributed by atoms with Gasteiger partial charge < -0.3 is 24.1 Å². The minimum absolute atomic E-state index is 0.391. The highest BCUT2D eigenvalue weighted by molar-refractivity contribution is 5.85. The number of hydrogen-bond acceptors (Lipinski definition) is 5. The molecule has 0 unspecified atom stereocenters. The van der Waals surface area contributed by atoms with E-state index in [1.165, 1.54) is 6.08 Å². The largest absolute Gasteiger partial charge is 0.487 e. The molecule has 0 saturated carbocycles. The van der Waals surface area contributed by atoms with Gasteiger partial charge in [-0.05, 0) is 23.8 Å². The van der Waals surface area contributed by atoms with Gasteiger partial charge in [0.15, 0.2) is 11.5 Å². The molecule has 2 rings (SSSR count). The van der Waals surface area contributed by atoms with Crippen molar-refractivity contribution < 1.29 is 28.8 Å². The second-order valence-corrected chi connectivity index (χ2v) is 4.30. The average molecular weight is 294 g/mol. The van der Waals surface area contributed by atoms with Crippen LogP contribution in [0.1, 0.15) is 5.56 Å². The Morgan fingerprint density at radius 2 is 1.57 bits per heavy atom. The first kappa shape index (κ1) is 15.3. The number of carbonyl (C=O) groups is 1. The Bertz CT molecular complexity index is 497. The number of aliphatic carboxylic acids is 1. The van der Waals surface area contributed by atoms with Crippen molar-refractivity contribution in [2.45, 2.75) is 0 Å². The van der Waals surface area contributed by atoms with E-state index in [1.807, 2.05) is 0 Å². The molecule has 0 atom stereocenters. The van der Waals surface area contributed by atoms with Crippen molar-refractivity contribution >= 4 is 12.0 Å². The van der Waals surface area contributed by atoms with Gasteiger partial charge in [-0.2, -0.15) is 0 Å². The lowest BCUT2D eigenvalue weighted by molar-refractivity contribution is -0.131. The minimum Gasteiger partial charge on any atom is -0.487 e. The van der Waals surface area contributed by atoms with Crippen LogP contribution in [0.3, 0.4) is 0 Å². The molecule has 1 aliphatic rings. The zero-order valence-corrected chi connectivity index (χ0v) is 11.6. The van der Waals surface area contributed by atoms with Crippen LogP contribution in [0.25, 0.3) is 6.08 Å². The van der Waals surface area contributed by atoms with Gasteiger partial charge in [0.25, 0.3) is 0 Å². The van der Waals surface area contributed by atoms with Crippen LogP contribution in [0, 0.1) is 0 Å². The molecule has 1 heterocycles. The Kier molecular flexibility index (Phi) is 6.05. The third-order valence-corrected chi connectivity index (χ3v) is 2.73. The molecule has 0 aromatic heterocycles. The summed E-state index contributed by atoms with van der Waals surface area (Å²) in [6.07, 6.45) is 2.58. The van der Waals surface area contributed by atoms with Gasteiger partial charge >= 0.3 is 5.97 Å². The predicted octanol–water partition coefficient (Wildman–Crippen LogP) is 1.59. The summed E-state index contributed by atoms with van der Waals surface area (Å²) in [5, 5.41) is 8.65. The summed E-state index contributed by atoms with van der Waals surface area (Å²) in [6.45, 7) is 2.80. The zero-order valence-electron chi connectivity index (χ0n) is 11.6. The van der Waals surface area contributed by atoms with Crippen LogP contribution in [0.5, 0.6) is 11.5 Å². The van der Waals surface area contributed by atoms with Crippen LogP contribution in [0.15, 0.2) is 24.3 Å². The van der Waals surface area contributed by atoms with Crippen molar-refractivity contribution in [3.8, 4) is 11.5 Å². The fourth-order valence-electron chi connectivity index (χ4n) is 1.77. The number of hydrogen-bond donors (Lipinski definition) is 1. The van der Waals surface area contributed by atoms with Crippen LogP contribution in [0.4, 0.5) is 0 Å². The van der Waals surface area contributed by atoms with E-state index in [-0.39, 0.29) is 0 Å². The summed E-state index contributed by atoms with van der Waals surface area (Å²) in [7, 11) is 0. The molecule has 21 heavy (non-hydrogen) atoms. The molecular weight excluding hydrogens is 276 g/mol. The molecule has 1 aromatic rings. The molecule has 0 bridgehead atoms. The molecule has 0 saturated heterocycles. The molecular formula is C15H18O6. The van der Waals surface area contributed by atoms with E-state index in [4.69, 9.17) is 24.1 Å². The first-order valence-corrected chi connectivity index (χ1v) is 6.72. The molecule has 114 valence electrons. The SMILES string of the molecule is O=C(O)/C=C/c1ccc2c(c1)OCCOCCOCCO2. The number of rotatable bonds is 2. The van der Waals surface area contributed by atoms with Gasteiger partial charge in [-0.3, -0.25) is 0 Å². The molecule has 0 spiro atoms. The first-order chi connectivity index (χ1) is 10.3. The second-order valence-electron chi connectivity index (χ2n) is 4.30. The van der Waals surface area contributed by atoms with Crippen molar-refractivity contribution in [3.63, 3.8) is 0 Å². The van der Waals surface area contributed by atoms with E-state index >= 15 is 0 Å². The van der Waals surface area contributed by atoms with E-state index < -0.39 is 5.97 Å². The molecule has 6 nitrogen and oxygen atoms in total. The highest BCUT2D eigenvalue weighted by Gasteiger charge is 2.07. The maximum atomic E-state index is 10.5. The summed E-state index contributed by atoms with van der Waals surface area (Å²) in [4.78, 5) is 10.5. The van der Waals surface area contributed by atoms with Crippen molar-refractivity contribution in [3.05, 3.63) is 29.8 Å². The van der Waals surface area contributed by atoms with Gasteiger partial charge in [0.1, 0.15) is 13.2 Å². The van der Waals surface area contributed by atoms with E-state index in [1.54, 1.807) is 18.2 Å². The fourth-order valence-corrected chi connectivity index (χ4v) is 1.77. The predicted molar refractivity (Wildman–Crippen MR) is 75.7 cm³/mol. The maximum Gasteiger partial charge on any atom is 0.328 e. The standard InChI is InChI=1S/C15H18O6/c16-15(17)4-2-12-1-3-13-14(11-12)21-10-8-19-6-5-18-7-9-20-13/h1-4,11H,5-10H2,(H,16,17)/b4-2+. The molecule has 0 fully saturated rings. The summed E-state index contributed by atoms with van der Waals surface area (Å²) >= 11 is 0. The third-order valence-electron chi connectivity index (χ3n) is 2.73. The van der Waals surface area contributed by atoms with Crippen LogP contribution in [-0.2, 0) is 14.3 Å². The fraction of sp³-hybridized carbons (Fsp3) is 0.400. The number of benzene rings is 1. The summed E-state index contributed by atoms with van der Waals surface area (Å²) in [5.41, 5.74) is 0.726.